The molecule has 0 bridgehead atoms. The minimum Gasteiger partial charge on any atom is -0.476 e. The first-order valence-corrected chi connectivity index (χ1v) is 4.86. The van der Waals surface area contributed by atoms with Gasteiger partial charge in [0.1, 0.15) is 0 Å². The summed E-state index contributed by atoms with van der Waals surface area (Å²) in [6.45, 7) is 0. The van der Waals surface area contributed by atoms with E-state index >= 15 is 0 Å². The van der Waals surface area contributed by atoms with Crippen molar-refractivity contribution in [1.82, 2.24) is 9.97 Å². The number of hydrogen-bond acceptors (Lipinski definition) is 2. The molecule has 0 amide bonds. The minimum atomic E-state index is -1.00. The Balaban J connectivity index is 2.58. The summed E-state index contributed by atoms with van der Waals surface area (Å²) in [4.78, 5) is 18.3. The van der Waals surface area contributed by atoms with Gasteiger partial charge in [-0.25, -0.2) is 9.78 Å². The number of nitrogens with one attached hydrogen (secondary N) is 1. The van der Waals surface area contributed by atoms with E-state index in [9.17, 15) is 4.79 Å². The topological polar surface area (TPSA) is 66.0 Å². The average molecular weight is 212 g/mol. The number of pyridine rings is 1. The van der Waals surface area contributed by atoms with Crippen LogP contribution in [0, 0.1) is 0 Å². The van der Waals surface area contributed by atoms with Crippen molar-refractivity contribution in [1.29, 1.82) is 0 Å². The van der Waals surface area contributed by atoms with Gasteiger partial charge in [-0.1, -0.05) is 18.2 Å². The minimum absolute atomic E-state index is 0.0925. The third-order valence-corrected chi connectivity index (χ3v) is 2.61. The number of aromatic nitrogens is 2. The number of H-pyrrole nitrogens is 1. The number of carboxylic acids is 1. The second-order valence-corrected chi connectivity index (χ2v) is 3.55. The van der Waals surface area contributed by atoms with E-state index in [1.807, 2.05) is 24.3 Å². The van der Waals surface area contributed by atoms with E-state index < -0.39 is 5.97 Å². The second kappa shape index (κ2) is 3.06. The SMILES string of the molecule is O=C(O)c1nc2ccccc2c2[nH]ccc12. The molecule has 0 spiro atoms. The van der Waals surface area contributed by atoms with Gasteiger partial charge in [-0.2, -0.15) is 0 Å². The van der Waals surface area contributed by atoms with Gasteiger partial charge in [-0.05, 0) is 12.1 Å². The molecule has 78 valence electrons. The van der Waals surface area contributed by atoms with E-state index in [0.29, 0.717) is 10.9 Å². The molecule has 0 atom stereocenters. The van der Waals surface area contributed by atoms with Crippen molar-refractivity contribution in [2.24, 2.45) is 0 Å². The summed E-state index contributed by atoms with van der Waals surface area (Å²) in [5, 5.41) is 10.7. The first-order chi connectivity index (χ1) is 7.77. The lowest BCUT2D eigenvalue weighted by atomic mass is 10.1. The molecule has 3 aromatic rings. The Morgan fingerprint density at radius 3 is 2.81 bits per heavy atom. The number of nitrogens with zero attached hydrogens (tertiary/aromatic N) is 1. The van der Waals surface area contributed by atoms with Gasteiger partial charge < -0.3 is 10.1 Å². The standard InChI is InChI=1S/C12H8N2O2/c15-12(16)11-8-5-6-13-10(8)7-3-1-2-4-9(7)14-11/h1-6,13H,(H,15,16). The first-order valence-electron chi connectivity index (χ1n) is 4.86. The van der Waals surface area contributed by atoms with Crippen molar-refractivity contribution < 1.29 is 9.90 Å². The van der Waals surface area contributed by atoms with Gasteiger partial charge in [0.15, 0.2) is 5.69 Å². The van der Waals surface area contributed by atoms with E-state index in [-0.39, 0.29) is 5.69 Å². The van der Waals surface area contributed by atoms with E-state index in [1.54, 1.807) is 12.3 Å². The van der Waals surface area contributed by atoms with Gasteiger partial charge in [0.25, 0.3) is 0 Å². The molecule has 0 aliphatic heterocycles. The number of carbonyl (C=O) groups is 1. The van der Waals surface area contributed by atoms with Crippen molar-refractivity contribution in [3.63, 3.8) is 0 Å². The Labute approximate surface area is 90.5 Å². The molecule has 0 unspecified atom stereocenters. The van der Waals surface area contributed by atoms with Gasteiger partial charge in [0.05, 0.1) is 11.0 Å². The predicted molar refractivity (Wildman–Crippen MR) is 60.6 cm³/mol. The maximum atomic E-state index is 11.1. The van der Waals surface area contributed by atoms with E-state index in [1.165, 1.54) is 0 Å². The Kier molecular flexibility index (Phi) is 1.71. The quantitative estimate of drug-likeness (QED) is 0.651. The van der Waals surface area contributed by atoms with Crippen molar-refractivity contribution >= 4 is 27.8 Å². The van der Waals surface area contributed by atoms with Gasteiger partial charge in [0, 0.05) is 17.0 Å². The fourth-order valence-corrected chi connectivity index (χ4v) is 1.92. The number of aromatic amines is 1. The summed E-state index contributed by atoms with van der Waals surface area (Å²) >= 11 is 0. The summed E-state index contributed by atoms with van der Waals surface area (Å²) in [7, 11) is 0. The van der Waals surface area contributed by atoms with Crippen LogP contribution in [0.4, 0.5) is 0 Å². The van der Waals surface area contributed by atoms with Crippen molar-refractivity contribution in [2.75, 3.05) is 0 Å². The molecule has 1 aromatic carbocycles. The molecule has 2 N–H and O–H groups in total. The van der Waals surface area contributed by atoms with Crippen LogP contribution in [0.15, 0.2) is 36.5 Å². The predicted octanol–water partition coefficient (Wildman–Crippen LogP) is 2.41. The van der Waals surface area contributed by atoms with E-state index in [2.05, 4.69) is 9.97 Å². The maximum Gasteiger partial charge on any atom is 0.355 e. The van der Waals surface area contributed by atoms with Crippen LogP contribution in [0.3, 0.4) is 0 Å². The van der Waals surface area contributed by atoms with Crippen LogP contribution < -0.4 is 0 Å². The summed E-state index contributed by atoms with van der Waals surface area (Å²) in [5.41, 5.74) is 1.60. The highest BCUT2D eigenvalue weighted by molar-refractivity contribution is 6.11. The summed E-state index contributed by atoms with van der Waals surface area (Å²) < 4.78 is 0. The number of aromatic carboxylic acids is 1. The molecule has 0 radical (unpaired) electrons. The maximum absolute atomic E-state index is 11.1. The van der Waals surface area contributed by atoms with Crippen molar-refractivity contribution in [2.45, 2.75) is 0 Å². The molecule has 2 aromatic heterocycles. The third-order valence-electron chi connectivity index (χ3n) is 2.61. The lowest BCUT2D eigenvalue weighted by Gasteiger charge is -2.02. The van der Waals surface area contributed by atoms with Gasteiger partial charge in [-0.15, -0.1) is 0 Å². The molecule has 0 saturated carbocycles. The Bertz CT molecular complexity index is 700. The lowest BCUT2D eigenvalue weighted by molar-refractivity contribution is 0.0693. The van der Waals surface area contributed by atoms with Crippen LogP contribution in [0.1, 0.15) is 10.5 Å². The third kappa shape index (κ3) is 1.10. The lowest BCUT2D eigenvalue weighted by Crippen LogP contribution is -2.01. The number of hydrogen-bond donors (Lipinski definition) is 2. The zero-order valence-electron chi connectivity index (χ0n) is 8.27. The molecule has 4 heteroatoms. The van der Waals surface area contributed by atoms with Crippen LogP contribution in [0.25, 0.3) is 21.8 Å². The Hall–Kier alpha value is -2.36. The zero-order valence-corrected chi connectivity index (χ0v) is 8.27. The molecule has 4 nitrogen and oxygen atoms in total. The van der Waals surface area contributed by atoms with Crippen LogP contribution in [0.2, 0.25) is 0 Å². The second-order valence-electron chi connectivity index (χ2n) is 3.55. The van der Waals surface area contributed by atoms with E-state index in [4.69, 9.17) is 5.11 Å². The summed E-state index contributed by atoms with van der Waals surface area (Å²) in [6.07, 6.45) is 1.73. The van der Waals surface area contributed by atoms with E-state index in [0.717, 1.165) is 10.9 Å². The highest BCUT2D eigenvalue weighted by Gasteiger charge is 2.13. The molecule has 2 heterocycles. The number of para-hydroxylation sites is 1. The van der Waals surface area contributed by atoms with Crippen LogP contribution >= 0.6 is 0 Å². The smallest absolute Gasteiger partial charge is 0.355 e. The summed E-state index contributed by atoms with van der Waals surface area (Å²) in [5.74, 6) is -1.00. The number of rotatable bonds is 1. The fourth-order valence-electron chi connectivity index (χ4n) is 1.92. The highest BCUT2D eigenvalue weighted by atomic mass is 16.4. The molecule has 0 aliphatic rings. The number of fused-ring (bicyclic) bond motifs is 3. The van der Waals surface area contributed by atoms with Crippen molar-refractivity contribution in [3.8, 4) is 0 Å². The first kappa shape index (κ1) is 8.91. The van der Waals surface area contributed by atoms with Crippen molar-refractivity contribution in [3.05, 3.63) is 42.2 Å². The summed E-state index contributed by atoms with van der Waals surface area (Å²) in [6, 6.07) is 9.22. The Morgan fingerprint density at radius 2 is 2.00 bits per heavy atom. The molecular weight excluding hydrogens is 204 g/mol. The average Bonchev–Trinajstić information content (AvgIpc) is 2.76. The zero-order chi connectivity index (χ0) is 11.1. The van der Waals surface area contributed by atoms with Crippen LogP contribution in [-0.2, 0) is 0 Å². The van der Waals surface area contributed by atoms with Gasteiger partial charge >= 0.3 is 5.97 Å². The van der Waals surface area contributed by atoms with Crippen LogP contribution in [-0.4, -0.2) is 21.0 Å². The fraction of sp³-hybridized carbons (Fsp3) is 0. The Morgan fingerprint density at radius 1 is 1.19 bits per heavy atom. The number of carboxylic acid groups (broad SMARTS) is 1. The molecule has 16 heavy (non-hydrogen) atoms. The highest BCUT2D eigenvalue weighted by Crippen LogP contribution is 2.24. The number of benzene rings is 1. The molecule has 0 saturated heterocycles. The molecule has 0 aliphatic carbocycles. The van der Waals surface area contributed by atoms with Crippen LogP contribution in [0.5, 0.6) is 0 Å². The van der Waals surface area contributed by atoms with Gasteiger partial charge in [0.2, 0.25) is 0 Å². The van der Waals surface area contributed by atoms with Gasteiger partial charge in [-0.3, -0.25) is 0 Å². The molecule has 3 rings (SSSR count). The molecule has 0 fully saturated rings. The molecular formula is C12H8N2O2. The largest absolute Gasteiger partial charge is 0.476 e. The normalized spacial score (nSPS) is 11.0. The monoisotopic (exact) mass is 212 g/mol.